The van der Waals surface area contributed by atoms with Gasteiger partial charge in [-0.25, -0.2) is 14.4 Å². The zero-order chi connectivity index (χ0) is 24.0. The number of rotatable bonds is 10. The topological polar surface area (TPSA) is 160 Å². The summed E-state index contributed by atoms with van der Waals surface area (Å²) in [7, 11) is -3.94. The molecule has 1 saturated heterocycles. The molecule has 1 unspecified atom stereocenters. The summed E-state index contributed by atoms with van der Waals surface area (Å²) in [5, 5.41) is 6.67. The summed E-state index contributed by atoms with van der Waals surface area (Å²) in [4.78, 5) is 27.9. The number of hydrogen-bond donors (Lipinski definition) is 2. The maximum atomic E-state index is 13.7. The molecule has 0 amide bonds. The third-order valence-corrected chi connectivity index (χ3v) is 6.28. The number of hydrogen-bond acceptors (Lipinski definition) is 7. The number of azide groups is 1. The monoisotopic (exact) mass is 500 g/mol. The van der Waals surface area contributed by atoms with E-state index in [1.54, 1.807) is 0 Å². The first kappa shape index (κ1) is 24.7. The van der Waals surface area contributed by atoms with Gasteiger partial charge in [0.25, 0.3) is 5.56 Å². The van der Waals surface area contributed by atoms with Crippen molar-refractivity contribution < 1.29 is 22.7 Å². The van der Waals surface area contributed by atoms with Gasteiger partial charge in [0.1, 0.15) is 12.0 Å². The van der Waals surface area contributed by atoms with Crippen molar-refractivity contribution in [3.05, 3.63) is 85.2 Å². The molecule has 1 aliphatic rings. The van der Waals surface area contributed by atoms with Crippen LogP contribution in [0.2, 0.25) is 5.02 Å². The van der Waals surface area contributed by atoms with Crippen LogP contribution in [0.4, 0.5) is 4.39 Å². The summed E-state index contributed by atoms with van der Waals surface area (Å²) in [6, 6.07) is 5.23. The van der Waals surface area contributed by atoms with E-state index in [4.69, 9.17) is 30.9 Å². The van der Waals surface area contributed by atoms with Crippen LogP contribution in [0, 0.1) is 5.82 Å². The van der Waals surface area contributed by atoms with Gasteiger partial charge in [0.15, 0.2) is 0 Å². The lowest BCUT2D eigenvalue weighted by atomic mass is 10.1. The highest BCUT2D eigenvalue weighted by Crippen LogP contribution is 2.45. The Hall–Kier alpha value is -2.92. The highest BCUT2D eigenvalue weighted by molar-refractivity contribution is 7.52. The number of benzene rings is 1. The van der Waals surface area contributed by atoms with E-state index in [9.17, 15) is 18.5 Å². The molecule has 33 heavy (non-hydrogen) atoms. The smallest absolute Gasteiger partial charge is 0.413 e. The van der Waals surface area contributed by atoms with Crippen LogP contribution < -0.4 is 20.9 Å². The Balaban J connectivity index is 1.77. The highest BCUT2D eigenvalue weighted by atomic mass is 35.5. The van der Waals surface area contributed by atoms with Gasteiger partial charge < -0.3 is 9.26 Å². The molecule has 0 spiro atoms. The molecular weight excluding hydrogens is 482 g/mol. The minimum Gasteiger partial charge on any atom is -0.413 e. The number of halogens is 2. The molecule has 0 radical (unpaired) electrons. The summed E-state index contributed by atoms with van der Waals surface area (Å²) in [6.07, 6.45) is 0.100. The van der Waals surface area contributed by atoms with Gasteiger partial charge in [-0.1, -0.05) is 22.8 Å². The van der Waals surface area contributed by atoms with Crippen LogP contribution in [0.15, 0.2) is 57.8 Å². The molecule has 1 aromatic heterocycles. The number of aromatic nitrogens is 2. The summed E-state index contributed by atoms with van der Waals surface area (Å²) in [5.74, 6) is -0.973. The Morgan fingerprint density at radius 1 is 1.45 bits per heavy atom. The lowest BCUT2D eigenvalue weighted by molar-refractivity contribution is -0.0244. The van der Waals surface area contributed by atoms with Crippen molar-refractivity contribution in [1.82, 2.24) is 14.6 Å². The Morgan fingerprint density at radius 2 is 2.18 bits per heavy atom. The molecule has 15 heteroatoms. The van der Waals surface area contributed by atoms with Crippen molar-refractivity contribution in [2.75, 3.05) is 13.2 Å². The van der Waals surface area contributed by atoms with E-state index in [-0.39, 0.29) is 25.3 Å². The van der Waals surface area contributed by atoms with Crippen LogP contribution in [0.3, 0.4) is 0 Å². The maximum absolute atomic E-state index is 13.7. The Morgan fingerprint density at radius 3 is 2.85 bits per heavy atom. The second-order valence-electron chi connectivity index (χ2n) is 6.77. The quantitative estimate of drug-likeness (QED) is 0.166. The number of nitrogens with one attached hydrogen (secondary N) is 2. The first-order valence-electron chi connectivity index (χ1n) is 9.51. The molecule has 0 aliphatic carbocycles. The summed E-state index contributed by atoms with van der Waals surface area (Å²) < 4.78 is 44.4. The average Bonchev–Trinajstić information content (AvgIpc) is 3.18. The predicted octanol–water partition coefficient (Wildman–Crippen LogP) is 3.27. The van der Waals surface area contributed by atoms with Gasteiger partial charge in [-0.2, -0.15) is 4.39 Å². The summed E-state index contributed by atoms with van der Waals surface area (Å²) in [6.45, 7) is 3.26. The molecule has 4 atom stereocenters. The fraction of sp³-hybridized carbons (Fsp3) is 0.333. The van der Waals surface area contributed by atoms with Gasteiger partial charge >= 0.3 is 13.4 Å². The minimum absolute atomic E-state index is 0.0219. The molecule has 1 aromatic carbocycles. The van der Waals surface area contributed by atoms with E-state index in [1.807, 2.05) is 4.98 Å². The van der Waals surface area contributed by atoms with E-state index in [0.29, 0.717) is 11.2 Å². The largest absolute Gasteiger partial charge is 0.459 e. The van der Waals surface area contributed by atoms with E-state index in [2.05, 4.69) is 21.7 Å². The van der Waals surface area contributed by atoms with Crippen molar-refractivity contribution in [2.45, 2.75) is 24.8 Å². The van der Waals surface area contributed by atoms with Gasteiger partial charge in [0.05, 0.1) is 24.9 Å². The minimum atomic E-state index is -3.94. The fourth-order valence-corrected chi connectivity index (χ4v) is 4.41. The normalized spacial score (nSPS) is 21.7. The number of aromatic amines is 1. The molecule has 1 aliphatic heterocycles. The third kappa shape index (κ3) is 6.32. The SMILES string of the molecule is C=CCNP(=O)(OC[C@H]1O[C@@H](n2cc(F)c(=O)[nH]c2=O)C[C@@H]1N=[N+]=[N-])Oc1ccc(Cl)cc1. The second kappa shape index (κ2) is 10.8. The van der Waals surface area contributed by atoms with Gasteiger partial charge in [-0.05, 0) is 29.8 Å². The van der Waals surface area contributed by atoms with Crippen LogP contribution in [0.25, 0.3) is 10.4 Å². The molecule has 3 rings (SSSR count). The first-order chi connectivity index (χ1) is 15.7. The second-order valence-corrected chi connectivity index (χ2v) is 8.96. The molecule has 2 N–H and O–H groups in total. The van der Waals surface area contributed by atoms with Gasteiger partial charge in [-0.3, -0.25) is 18.9 Å². The molecule has 0 saturated carbocycles. The van der Waals surface area contributed by atoms with Gasteiger partial charge in [0.2, 0.25) is 5.82 Å². The first-order valence-corrected chi connectivity index (χ1v) is 11.4. The third-order valence-electron chi connectivity index (χ3n) is 4.52. The molecule has 176 valence electrons. The molecule has 2 heterocycles. The van der Waals surface area contributed by atoms with Crippen molar-refractivity contribution >= 4 is 19.3 Å². The summed E-state index contributed by atoms with van der Waals surface area (Å²) in [5.41, 5.74) is 6.79. The van der Waals surface area contributed by atoms with E-state index in [0.717, 1.165) is 4.57 Å². The van der Waals surface area contributed by atoms with Crippen molar-refractivity contribution in [3.63, 3.8) is 0 Å². The van der Waals surface area contributed by atoms with Crippen LogP contribution >= 0.6 is 19.3 Å². The lowest BCUT2D eigenvalue weighted by Gasteiger charge is -2.22. The molecule has 12 nitrogen and oxygen atoms in total. The van der Waals surface area contributed by atoms with E-state index >= 15 is 0 Å². The highest BCUT2D eigenvalue weighted by Gasteiger charge is 2.39. The van der Waals surface area contributed by atoms with Crippen molar-refractivity contribution in [1.29, 1.82) is 0 Å². The van der Waals surface area contributed by atoms with Crippen LogP contribution in [-0.2, 0) is 13.8 Å². The molecule has 2 aromatic rings. The van der Waals surface area contributed by atoms with Crippen LogP contribution in [0.1, 0.15) is 12.6 Å². The average molecular weight is 501 g/mol. The maximum Gasteiger partial charge on any atom is 0.459 e. The fourth-order valence-electron chi connectivity index (χ4n) is 2.98. The van der Waals surface area contributed by atoms with E-state index < -0.39 is 43.2 Å². The number of H-pyrrole nitrogens is 1. The molecular formula is C18H19ClFN6O6P. The zero-order valence-electron chi connectivity index (χ0n) is 17.0. The van der Waals surface area contributed by atoms with Crippen molar-refractivity contribution in [3.8, 4) is 5.75 Å². The zero-order valence-corrected chi connectivity index (χ0v) is 18.6. The molecule has 1 fully saturated rings. The van der Waals surface area contributed by atoms with Crippen LogP contribution in [-0.4, -0.2) is 34.8 Å². The summed E-state index contributed by atoms with van der Waals surface area (Å²) >= 11 is 5.84. The Kier molecular flexibility index (Phi) is 8.09. The van der Waals surface area contributed by atoms with E-state index in [1.165, 1.54) is 30.3 Å². The van der Waals surface area contributed by atoms with Gasteiger partial charge in [-0.15, -0.1) is 6.58 Å². The Bertz CT molecular complexity index is 1210. The standard InChI is InChI=1S/C18H19ClFN6O6P/c1-2-7-22-33(29,32-12-5-3-11(19)4-6-12)30-10-15-14(24-25-21)8-16(31-15)26-9-13(20)17(27)23-18(26)28/h2-6,9,14-16H,1,7-8,10H2,(H,22,29)(H,23,27,28)/t14-,15+,16+,33?/m0/s1. The number of ether oxygens (including phenoxy) is 1. The number of nitrogens with zero attached hydrogens (tertiary/aromatic N) is 4. The predicted molar refractivity (Wildman–Crippen MR) is 117 cm³/mol. The van der Waals surface area contributed by atoms with Crippen LogP contribution in [0.5, 0.6) is 5.75 Å². The lowest BCUT2D eigenvalue weighted by Crippen LogP contribution is -2.34. The molecule has 0 bridgehead atoms. The Labute approximate surface area is 191 Å². The van der Waals surface area contributed by atoms with Crippen molar-refractivity contribution in [2.24, 2.45) is 5.11 Å². The van der Waals surface area contributed by atoms with Gasteiger partial charge in [0, 0.05) is 22.9 Å².